The molecule has 11 aromatic rings. The van der Waals surface area contributed by atoms with Gasteiger partial charge >= 0.3 is 0 Å². The van der Waals surface area contributed by atoms with Crippen molar-refractivity contribution < 1.29 is 0 Å². The Bertz CT molecular complexity index is 3720. The van der Waals surface area contributed by atoms with Gasteiger partial charge in [-0.15, -0.1) is 0 Å². The van der Waals surface area contributed by atoms with E-state index in [0.29, 0.717) is 0 Å². The van der Waals surface area contributed by atoms with E-state index < -0.39 is 5.41 Å². The fourth-order valence-corrected chi connectivity index (χ4v) is 11.1. The van der Waals surface area contributed by atoms with Gasteiger partial charge in [-0.25, -0.2) is 0 Å². The lowest BCUT2D eigenvalue weighted by molar-refractivity contribution is 0.768. The molecule has 67 heavy (non-hydrogen) atoms. The number of benzene rings is 11. The fraction of sp³-hybridized carbons (Fsp3) is 0.0303. The van der Waals surface area contributed by atoms with Crippen LogP contribution in [0.25, 0.3) is 70.9 Å². The first-order valence-corrected chi connectivity index (χ1v) is 23.2. The standard InChI is InChI=1S/C66H47N/c1-3-46(62-42-48-20-10-12-26-54(48)56-28-14-16-30-58(56)62)35-34-45(2)67(52-38-36-47(37-39-52)63-43-49-21-11-13-27-55(49)57-29-15-17-31-59(57)63)53-40-41-61-60-32-18-19-33-64(60)66(65(61)44-53,50-22-6-4-7-23-50)51-24-8-5-9-25-51/h3-44H,1H2,2H3/b45-34+,46-35+. The van der Waals surface area contributed by atoms with Gasteiger partial charge < -0.3 is 4.90 Å². The lowest BCUT2D eigenvalue weighted by Crippen LogP contribution is -2.28. The first kappa shape index (κ1) is 40.0. The molecule has 12 rings (SSSR count). The van der Waals surface area contributed by atoms with Gasteiger partial charge in [-0.05, 0) is 148 Å². The van der Waals surface area contributed by atoms with Crippen LogP contribution in [-0.2, 0) is 5.41 Å². The number of hydrogen-bond acceptors (Lipinski definition) is 1. The summed E-state index contributed by atoms with van der Waals surface area (Å²) in [5, 5.41) is 9.95. The van der Waals surface area contributed by atoms with E-state index in [1.165, 1.54) is 87.6 Å². The van der Waals surface area contributed by atoms with E-state index in [1.54, 1.807) is 0 Å². The summed E-state index contributed by atoms with van der Waals surface area (Å²) < 4.78 is 0. The summed E-state index contributed by atoms with van der Waals surface area (Å²) >= 11 is 0. The average molecular weight is 854 g/mol. The first-order valence-electron chi connectivity index (χ1n) is 23.2. The van der Waals surface area contributed by atoms with Crippen molar-refractivity contribution in [3.63, 3.8) is 0 Å². The fourth-order valence-electron chi connectivity index (χ4n) is 11.1. The molecule has 1 nitrogen and oxygen atoms in total. The number of anilines is 2. The molecule has 0 radical (unpaired) electrons. The van der Waals surface area contributed by atoms with Crippen molar-refractivity contribution >= 4 is 60.0 Å². The summed E-state index contributed by atoms with van der Waals surface area (Å²) in [6.07, 6.45) is 6.49. The van der Waals surface area contributed by atoms with Gasteiger partial charge in [0.05, 0.1) is 5.41 Å². The minimum Gasteiger partial charge on any atom is -0.315 e. The molecule has 0 N–H and O–H groups in total. The molecule has 316 valence electrons. The zero-order chi connectivity index (χ0) is 44.9. The van der Waals surface area contributed by atoms with Gasteiger partial charge in [0.15, 0.2) is 0 Å². The van der Waals surface area contributed by atoms with Gasteiger partial charge in [0, 0.05) is 17.1 Å². The van der Waals surface area contributed by atoms with E-state index >= 15 is 0 Å². The van der Waals surface area contributed by atoms with Crippen molar-refractivity contribution in [1.29, 1.82) is 0 Å². The number of allylic oxidation sites excluding steroid dienone is 5. The summed E-state index contributed by atoms with van der Waals surface area (Å²) in [4.78, 5) is 2.42. The van der Waals surface area contributed by atoms with Crippen LogP contribution in [0.15, 0.2) is 267 Å². The van der Waals surface area contributed by atoms with E-state index in [1.807, 2.05) is 6.08 Å². The molecule has 0 heterocycles. The lowest BCUT2D eigenvalue weighted by atomic mass is 9.67. The molecule has 1 heteroatoms. The van der Waals surface area contributed by atoms with E-state index in [9.17, 15) is 0 Å². The van der Waals surface area contributed by atoms with Gasteiger partial charge in [-0.3, -0.25) is 0 Å². The van der Waals surface area contributed by atoms with Crippen LogP contribution in [0.3, 0.4) is 0 Å². The third-order valence-electron chi connectivity index (χ3n) is 14.1. The molecule has 0 aliphatic heterocycles. The third kappa shape index (κ3) is 6.54. The largest absolute Gasteiger partial charge is 0.315 e. The molecule has 0 amide bonds. The molecule has 0 spiro atoms. The quantitative estimate of drug-likeness (QED) is 0.103. The monoisotopic (exact) mass is 853 g/mol. The van der Waals surface area contributed by atoms with Gasteiger partial charge in [-0.2, -0.15) is 0 Å². The molecular formula is C66H47N. The van der Waals surface area contributed by atoms with Gasteiger partial charge in [0.2, 0.25) is 0 Å². The number of nitrogens with zero attached hydrogens (tertiary/aromatic N) is 1. The Morgan fingerprint density at radius 1 is 0.403 bits per heavy atom. The number of rotatable bonds is 9. The zero-order valence-corrected chi connectivity index (χ0v) is 37.4. The summed E-state index contributed by atoms with van der Waals surface area (Å²) in [7, 11) is 0. The summed E-state index contributed by atoms with van der Waals surface area (Å²) in [5.41, 5.74) is 14.9. The topological polar surface area (TPSA) is 3.24 Å². The highest BCUT2D eigenvalue weighted by molar-refractivity contribution is 6.14. The highest BCUT2D eigenvalue weighted by Crippen LogP contribution is 2.57. The van der Waals surface area contributed by atoms with Crippen LogP contribution in [0.2, 0.25) is 0 Å². The molecule has 0 unspecified atom stereocenters. The van der Waals surface area contributed by atoms with Crippen LogP contribution in [0, 0.1) is 0 Å². The van der Waals surface area contributed by atoms with Gasteiger partial charge in [-0.1, -0.05) is 219 Å². The second-order valence-electron chi connectivity index (χ2n) is 17.7. The van der Waals surface area contributed by atoms with Crippen molar-refractivity contribution in [1.82, 2.24) is 0 Å². The Morgan fingerprint density at radius 2 is 0.910 bits per heavy atom. The minimum absolute atomic E-state index is 0.526. The predicted octanol–water partition coefficient (Wildman–Crippen LogP) is 17.6. The molecule has 0 aromatic heterocycles. The van der Waals surface area contributed by atoms with Crippen LogP contribution in [0.5, 0.6) is 0 Å². The van der Waals surface area contributed by atoms with Crippen LogP contribution in [0.4, 0.5) is 11.4 Å². The number of hydrogen-bond donors (Lipinski definition) is 0. The Hall–Kier alpha value is -8.52. The maximum Gasteiger partial charge on any atom is 0.0714 e. The SMILES string of the molecule is C=C/C(=C\C=C(/C)N(c1ccc(-c2cc3ccccc3c3ccccc23)cc1)c1ccc2c(c1)C(c1ccccc1)(c1ccccc1)c1ccccc1-2)c1cc2ccccc2c2ccccc12. The van der Waals surface area contributed by atoms with Crippen LogP contribution in [0.1, 0.15) is 34.7 Å². The predicted molar refractivity (Wildman–Crippen MR) is 286 cm³/mol. The second kappa shape index (κ2) is 16.5. The van der Waals surface area contributed by atoms with Crippen LogP contribution in [-0.4, -0.2) is 0 Å². The zero-order valence-electron chi connectivity index (χ0n) is 37.4. The normalized spacial score (nSPS) is 13.2. The molecule has 0 atom stereocenters. The molecule has 11 aromatic carbocycles. The van der Waals surface area contributed by atoms with Crippen LogP contribution < -0.4 is 4.90 Å². The lowest BCUT2D eigenvalue weighted by Gasteiger charge is -2.35. The van der Waals surface area contributed by atoms with Gasteiger partial charge in [0.1, 0.15) is 0 Å². The van der Waals surface area contributed by atoms with Crippen molar-refractivity contribution in [2.75, 3.05) is 4.90 Å². The van der Waals surface area contributed by atoms with Crippen molar-refractivity contribution in [3.8, 4) is 22.3 Å². The Labute approximate surface area is 392 Å². The molecule has 0 saturated carbocycles. The second-order valence-corrected chi connectivity index (χ2v) is 17.7. The third-order valence-corrected chi connectivity index (χ3v) is 14.1. The maximum atomic E-state index is 4.36. The summed E-state index contributed by atoms with van der Waals surface area (Å²) in [6.45, 7) is 6.59. The van der Waals surface area contributed by atoms with E-state index in [4.69, 9.17) is 0 Å². The molecule has 0 saturated heterocycles. The Balaban J connectivity index is 1.06. The molecule has 1 aliphatic carbocycles. The summed E-state index contributed by atoms with van der Waals surface area (Å²) in [6, 6.07) is 86.9. The van der Waals surface area contributed by atoms with E-state index in [-0.39, 0.29) is 0 Å². The molecular weight excluding hydrogens is 807 g/mol. The van der Waals surface area contributed by atoms with Crippen LogP contribution >= 0.6 is 0 Å². The van der Waals surface area contributed by atoms with E-state index in [2.05, 4.69) is 267 Å². The Morgan fingerprint density at radius 3 is 1.57 bits per heavy atom. The smallest absolute Gasteiger partial charge is 0.0714 e. The van der Waals surface area contributed by atoms with Crippen molar-refractivity contribution in [2.45, 2.75) is 12.3 Å². The van der Waals surface area contributed by atoms with E-state index in [0.717, 1.165) is 28.2 Å². The molecule has 0 bridgehead atoms. The highest BCUT2D eigenvalue weighted by atomic mass is 15.1. The summed E-state index contributed by atoms with van der Waals surface area (Å²) in [5.74, 6) is 0. The molecule has 1 aliphatic rings. The number of fused-ring (bicyclic) bond motifs is 9. The van der Waals surface area contributed by atoms with Crippen molar-refractivity contribution in [2.24, 2.45) is 0 Å². The first-order chi connectivity index (χ1) is 33.1. The maximum absolute atomic E-state index is 4.36. The minimum atomic E-state index is -0.526. The van der Waals surface area contributed by atoms with Gasteiger partial charge in [0.25, 0.3) is 0 Å². The van der Waals surface area contributed by atoms with Crippen molar-refractivity contribution in [3.05, 3.63) is 295 Å². The Kier molecular flexibility index (Phi) is 9.84. The average Bonchev–Trinajstić information content (AvgIpc) is 3.69. The highest BCUT2D eigenvalue weighted by Gasteiger charge is 2.46. The molecule has 0 fully saturated rings.